The summed E-state index contributed by atoms with van der Waals surface area (Å²) in [7, 11) is 0. The van der Waals surface area contributed by atoms with Gasteiger partial charge in [-0.15, -0.1) is 0 Å². The van der Waals surface area contributed by atoms with Crippen LogP contribution in [0.4, 0.5) is 11.4 Å². The van der Waals surface area contributed by atoms with Crippen LogP contribution in [0.3, 0.4) is 0 Å². The number of carbonyl (C=O) groups is 2. The maximum absolute atomic E-state index is 12.3. The molecule has 2 aromatic carbocycles. The highest BCUT2D eigenvalue weighted by atomic mass is 16.2. The Bertz CT molecular complexity index is 705. The Kier molecular flexibility index (Phi) is 6.57. The summed E-state index contributed by atoms with van der Waals surface area (Å²) >= 11 is 0. The molecule has 0 saturated carbocycles. The first-order valence-corrected chi connectivity index (χ1v) is 8.57. The Morgan fingerprint density at radius 2 is 1.56 bits per heavy atom. The summed E-state index contributed by atoms with van der Waals surface area (Å²) in [5.74, 6) is -0.0501. The van der Waals surface area contributed by atoms with Gasteiger partial charge in [-0.05, 0) is 62.2 Å². The van der Waals surface area contributed by atoms with Gasteiger partial charge < -0.3 is 16.0 Å². The lowest BCUT2D eigenvalue weighted by atomic mass is 10.1. The number of hydrogen-bond donors (Lipinski definition) is 2. The van der Waals surface area contributed by atoms with Gasteiger partial charge in [0, 0.05) is 36.4 Å². The van der Waals surface area contributed by atoms with Gasteiger partial charge in [0.15, 0.2) is 0 Å². The number of rotatable bonds is 7. The number of nitrogens with two attached hydrogens (primary N) is 1. The summed E-state index contributed by atoms with van der Waals surface area (Å²) in [5, 5.41) is 2.86. The molecule has 0 aliphatic carbocycles. The largest absolute Gasteiger partial charge is 0.399 e. The lowest BCUT2D eigenvalue weighted by Gasteiger charge is -2.18. The van der Waals surface area contributed by atoms with Crippen LogP contribution in [-0.2, 0) is 11.2 Å². The zero-order valence-electron chi connectivity index (χ0n) is 14.8. The molecule has 2 amide bonds. The number of nitrogens with one attached hydrogen (secondary N) is 1. The van der Waals surface area contributed by atoms with Gasteiger partial charge in [0.2, 0.25) is 5.91 Å². The number of benzene rings is 2. The molecule has 0 aliphatic heterocycles. The van der Waals surface area contributed by atoms with Gasteiger partial charge in [0.1, 0.15) is 0 Å². The molecule has 0 fully saturated rings. The third-order valence-corrected chi connectivity index (χ3v) is 4.09. The van der Waals surface area contributed by atoms with Gasteiger partial charge in [-0.3, -0.25) is 9.59 Å². The van der Waals surface area contributed by atoms with Crippen molar-refractivity contribution in [2.75, 3.05) is 24.1 Å². The van der Waals surface area contributed by atoms with Crippen molar-refractivity contribution < 1.29 is 9.59 Å². The van der Waals surface area contributed by atoms with Gasteiger partial charge in [-0.25, -0.2) is 0 Å². The van der Waals surface area contributed by atoms with Crippen LogP contribution in [0.1, 0.15) is 36.2 Å². The van der Waals surface area contributed by atoms with E-state index in [4.69, 9.17) is 5.73 Å². The van der Waals surface area contributed by atoms with E-state index in [0.717, 1.165) is 5.56 Å². The molecule has 0 atom stereocenters. The first kappa shape index (κ1) is 18.5. The van der Waals surface area contributed by atoms with Crippen LogP contribution in [0.25, 0.3) is 0 Å². The number of aryl methyl sites for hydroxylation is 1. The topological polar surface area (TPSA) is 75.4 Å². The van der Waals surface area contributed by atoms with Crippen LogP contribution in [-0.4, -0.2) is 29.8 Å². The van der Waals surface area contributed by atoms with E-state index in [-0.39, 0.29) is 11.8 Å². The number of amides is 2. The second-order valence-electron chi connectivity index (χ2n) is 5.84. The molecule has 0 aliphatic rings. The van der Waals surface area contributed by atoms with E-state index in [1.165, 1.54) is 0 Å². The fourth-order valence-electron chi connectivity index (χ4n) is 2.56. The summed E-state index contributed by atoms with van der Waals surface area (Å²) in [6.45, 7) is 5.27. The fourth-order valence-corrected chi connectivity index (χ4v) is 2.56. The van der Waals surface area contributed by atoms with E-state index in [0.29, 0.717) is 42.9 Å². The molecule has 0 radical (unpaired) electrons. The second kappa shape index (κ2) is 8.87. The first-order valence-electron chi connectivity index (χ1n) is 8.57. The first-order chi connectivity index (χ1) is 12.0. The fraction of sp³-hybridized carbons (Fsp3) is 0.300. The summed E-state index contributed by atoms with van der Waals surface area (Å²) in [6, 6.07) is 14.5. The molecule has 132 valence electrons. The van der Waals surface area contributed by atoms with Crippen molar-refractivity contribution in [1.29, 1.82) is 0 Å². The average Bonchev–Trinajstić information content (AvgIpc) is 2.63. The van der Waals surface area contributed by atoms with E-state index in [1.54, 1.807) is 29.2 Å². The molecular formula is C20H25N3O2. The summed E-state index contributed by atoms with van der Waals surface area (Å²) in [4.78, 5) is 26.1. The van der Waals surface area contributed by atoms with E-state index >= 15 is 0 Å². The quantitative estimate of drug-likeness (QED) is 0.760. The van der Waals surface area contributed by atoms with Crippen LogP contribution in [0.5, 0.6) is 0 Å². The number of carbonyl (C=O) groups excluding carboxylic acids is 2. The highest BCUT2D eigenvalue weighted by Gasteiger charge is 2.12. The molecule has 2 rings (SSSR count). The van der Waals surface area contributed by atoms with Crippen LogP contribution in [0.2, 0.25) is 0 Å². The molecule has 0 spiro atoms. The van der Waals surface area contributed by atoms with Crippen molar-refractivity contribution in [2.45, 2.75) is 26.7 Å². The number of anilines is 2. The average molecular weight is 339 g/mol. The SMILES string of the molecule is CCN(CC)C(=O)c1ccc(NC(=O)CCc2ccc(N)cc2)cc1. The van der Waals surface area contributed by atoms with E-state index in [9.17, 15) is 9.59 Å². The predicted octanol–water partition coefficient (Wildman–Crippen LogP) is 3.32. The highest BCUT2D eigenvalue weighted by Crippen LogP contribution is 2.13. The predicted molar refractivity (Wildman–Crippen MR) is 101 cm³/mol. The molecule has 5 nitrogen and oxygen atoms in total. The molecule has 2 aromatic rings. The van der Waals surface area contributed by atoms with Crippen molar-refractivity contribution in [3.05, 3.63) is 59.7 Å². The molecule has 5 heteroatoms. The van der Waals surface area contributed by atoms with Gasteiger partial charge in [-0.1, -0.05) is 12.1 Å². The summed E-state index contributed by atoms with van der Waals surface area (Å²) in [6.07, 6.45) is 1.05. The standard InChI is InChI=1S/C20H25N3O2/c1-3-23(4-2)20(25)16-8-12-18(13-9-16)22-19(24)14-7-15-5-10-17(21)11-6-15/h5-6,8-13H,3-4,7,14,21H2,1-2H3,(H,22,24). The Morgan fingerprint density at radius 3 is 2.12 bits per heavy atom. The lowest BCUT2D eigenvalue weighted by molar-refractivity contribution is -0.116. The number of nitrogen functional groups attached to an aromatic ring is 1. The third kappa shape index (κ3) is 5.35. The van der Waals surface area contributed by atoms with Crippen molar-refractivity contribution in [3.8, 4) is 0 Å². The molecule has 0 bridgehead atoms. The van der Waals surface area contributed by atoms with Gasteiger partial charge in [0.05, 0.1) is 0 Å². The Hall–Kier alpha value is -2.82. The van der Waals surface area contributed by atoms with Crippen LogP contribution >= 0.6 is 0 Å². The van der Waals surface area contributed by atoms with Gasteiger partial charge >= 0.3 is 0 Å². The van der Waals surface area contributed by atoms with Crippen LogP contribution in [0.15, 0.2) is 48.5 Å². The molecule has 0 heterocycles. The monoisotopic (exact) mass is 339 g/mol. The summed E-state index contributed by atoms with van der Waals surface area (Å²) in [5.41, 5.74) is 8.76. The smallest absolute Gasteiger partial charge is 0.253 e. The number of hydrogen-bond acceptors (Lipinski definition) is 3. The zero-order chi connectivity index (χ0) is 18.2. The molecule has 25 heavy (non-hydrogen) atoms. The zero-order valence-corrected chi connectivity index (χ0v) is 14.8. The van der Waals surface area contributed by atoms with E-state index in [2.05, 4.69) is 5.32 Å². The van der Waals surface area contributed by atoms with E-state index in [1.807, 2.05) is 38.1 Å². The van der Waals surface area contributed by atoms with Crippen LogP contribution < -0.4 is 11.1 Å². The minimum atomic E-state index is -0.0559. The summed E-state index contributed by atoms with van der Waals surface area (Å²) < 4.78 is 0. The molecule has 3 N–H and O–H groups in total. The van der Waals surface area contributed by atoms with Crippen molar-refractivity contribution in [2.24, 2.45) is 0 Å². The third-order valence-electron chi connectivity index (χ3n) is 4.09. The maximum atomic E-state index is 12.3. The molecule has 0 aromatic heterocycles. The Labute approximate surface area is 148 Å². The maximum Gasteiger partial charge on any atom is 0.253 e. The minimum absolute atomic E-state index is 0.00577. The Morgan fingerprint density at radius 1 is 0.960 bits per heavy atom. The van der Waals surface area contributed by atoms with Gasteiger partial charge in [0.25, 0.3) is 5.91 Å². The van der Waals surface area contributed by atoms with Crippen molar-refractivity contribution in [3.63, 3.8) is 0 Å². The van der Waals surface area contributed by atoms with Crippen molar-refractivity contribution >= 4 is 23.2 Å². The highest BCUT2D eigenvalue weighted by molar-refractivity contribution is 5.95. The van der Waals surface area contributed by atoms with Crippen molar-refractivity contribution in [1.82, 2.24) is 4.90 Å². The molecular weight excluding hydrogens is 314 g/mol. The van der Waals surface area contributed by atoms with E-state index < -0.39 is 0 Å². The lowest BCUT2D eigenvalue weighted by Crippen LogP contribution is -2.30. The second-order valence-corrected chi connectivity index (χ2v) is 5.84. The van der Waals surface area contributed by atoms with Gasteiger partial charge in [-0.2, -0.15) is 0 Å². The molecule has 0 unspecified atom stereocenters. The Balaban J connectivity index is 1.88. The molecule has 0 saturated heterocycles. The minimum Gasteiger partial charge on any atom is -0.399 e. The van der Waals surface area contributed by atoms with Crippen LogP contribution in [0, 0.1) is 0 Å². The number of nitrogens with zero attached hydrogens (tertiary/aromatic N) is 1. The normalized spacial score (nSPS) is 10.3.